The summed E-state index contributed by atoms with van der Waals surface area (Å²) in [7, 11) is 0. The Hall–Kier alpha value is -1.12. The van der Waals surface area contributed by atoms with Crippen molar-refractivity contribution in [3.63, 3.8) is 0 Å². The van der Waals surface area contributed by atoms with Crippen LogP contribution in [0.3, 0.4) is 0 Å². The third-order valence-electron chi connectivity index (χ3n) is 1.06. The fourth-order valence-corrected chi connectivity index (χ4v) is 0.487. The molecule has 0 aliphatic heterocycles. The molecule has 0 aliphatic carbocycles. The van der Waals surface area contributed by atoms with E-state index >= 15 is 0 Å². The van der Waals surface area contributed by atoms with Crippen LogP contribution in [0.25, 0.3) is 0 Å². The number of carbonyl (C=O) groups is 2. The van der Waals surface area contributed by atoms with E-state index in [1.54, 1.807) is 0 Å². The number of hydrogen-bond donors (Lipinski definition) is 0. The van der Waals surface area contributed by atoms with Gasteiger partial charge < -0.3 is 4.74 Å². The third kappa shape index (κ3) is 5.33. The molecule has 0 aromatic carbocycles. The molecule has 0 aromatic heterocycles. The van der Waals surface area contributed by atoms with Gasteiger partial charge in [0.15, 0.2) is 12.4 Å². The summed E-state index contributed by atoms with van der Waals surface area (Å²) in [5.74, 6) is -0.600. The lowest BCUT2D eigenvalue weighted by Crippen LogP contribution is -2.11. The molecule has 3 heteroatoms. The second kappa shape index (κ2) is 5.65. The van der Waals surface area contributed by atoms with E-state index in [0.29, 0.717) is 6.42 Å². The number of hydrogen-bond acceptors (Lipinski definition) is 3. The van der Waals surface area contributed by atoms with Gasteiger partial charge in [0.1, 0.15) is 0 Å². The van der Waals surface area contributed by atoms with E-state index in [0.717, 1.165) is 12.5 Å². The van der Waals surface area contributed by atoms with E-state index in [-0.39, 0.29) is 18.4 Å². The zero-order valence-electron chi connectivity index (χ0n) is 6.63. The van der Waals surface area contributed by atoms with Gasteiger partial charge in [0.25, 0.3) is 0 Å². The molecular formula is C8H12O3. The minimum absolute atomic E-state index is 0.178. The van der Waals surface area contributed by atoms with Crippen LogP contribution in [0.4, 0.5) is 0 Å². The van der Waals surface area contributed by atoms with Crippen LogP contribution >= 0.6 is 0 Å². The smallest absolute Gasteiger partial charge is 0.306 e. The molecule has 0 atom stereocenters. The van der Waals surface area contributed by atoms with E-state index < -0.39 is 0 Å². The molecule has 0 bridgehead atoms. The third-order valence-corrected chi connectivity index (χ3v) is 1.06. The quantitative estimate of drug-likeness (QED) is 0.442. The summed E-state index contributed by atoms with van der Waals surface area (Å²) in [4.78, 5) is 21.2. The molecule has 3 nitrogen and oxygen atoms in total. The Morgan fingerprint density at radius 3 is 2.64 bits per heavy atom. The van der Waals surface area contributed by atoms with E-state index in [9.17, 15) is 9.59 Å². The molecule has 0 saturated heterocycles. The van der Waals surface area contributed by atoms with Crippen LogP contribution < -0.4 is 0 Å². The molecule has 62 valence electrons. The molecule has 0 saturated carbocycles. The van der Waals surface area contributed by atoms with Gasteiger partial charge in [-0.25, -0.2) is 0 Å². The minimum atomic E-state index is -0.331. The van der Waals surface area contributed by atoms with Gasteiger partial charge in [-0.3, -0.25) is 9.59 Å². The topological polar surface area (TPSA) is 43.4 Å². The zero-order valence-corrected chi connectivity index (χ0v) is 6.63. The molecule has 0 aromatic rings. The summed E-state index contributed by atoms with van der Waals surface area (Å²) in [6.45, 7) is 4.94. The Labute approximate surface area is 66.0 Å². The summed E-state index contributed by atoms with van der Waals surface area (Å²) in [6.07, 6.45) is 2.24. The highest BCUT2D eigenvalue weighted by Crippen LogP contribution is 1.90. The van der Waals surface area contributed by atoms with Crippen molar-refractivity contribution in [2.24, 2.45) is 0 Å². The molecular weight excluding hydrogens is 144 g/mol. The maximum Gasteiger partial charge on any atom is 0.306 e. The summed E-state index contributed by atoms with van der Waals surface area (Å²) in [5, 5.41) is 0. The molecule has 0 rings (SSSR count). The number of carbonyl (C=O) groups excluding carboxylic acids is 2. The lowest BCUT2D eigenvalue weighted by atomic mass is 10.3. The van der Waals surface area contributed by atoms with Gasteiger partial charge in [0, 0.05) is 6.42 Å². The number of ether oxygens (including phenoxy) is 1. The number of esters is 1. The second-order valence-corrected chi connectivity index (χ2v) is 2.08. The molecule has 0 heterocycles. The highest BCUT2D eigenvalue weighted by molar-refractivity contribution is 5.91. The van der Waals surface area contributed by atoms with Gasteiger partial charge in [0.05, 0.1) is 0 Å². The van der Waals surface area contributed by atoms with Crippen molar-refractivity contribution in [1.82, 2.24) is 0 Å². The first-order valence-electron chi connectivity index (χ1n) is 3.51. The first-order valence-corrected chi connectivity index (χ1v) is 3.51. The van der Waals surface area contributed by atoms with Crippen molar-refractivity contribution >= 4 is 11.8 Å². The average Bonchev–Trinajstić information content (AvgIpc) is 2.01. The van der Waals surface area contributed by atoms with Gasteiger partial charge in [0.2, 0.25) is 0 Å². The largest absolute Gasteiger partial charge is 0.457 e. The van der Waals surface area contributed by atoms with Gasteiger partial charge in [-0.2, -0.15) is 0 Å². The fourth-order valence-electron chi connectivity index (χ4n) is 0.487. The predicted octanol–water partition coefficient (Wildman–Crippen LogP) is 1.08. The van der Waals surface area contributed by atoms with Crippen molar-refractivity contribution < 1.29 is 14.3 Å². The van der Waals surface area contributed by atoms with Crippen LogP contribution in [0.5, 0.6) is 0 Å². The molecule has 0 spiro atoms. The molecule has 0 fully saturated rings. The van der Waals surface area contributed by atoms with Crippen LogP contribution in [-0.4, -0.2) is 18.4 Å². The highest BCUT2D eigenvalue weighted by atomic mass is 16.5. The first-order chi connectivity index (χ1) is 5.20. The highest BCUT2D eigenvalue weighted by Gasteiger charge is 2.02. The summed E-state index contributed by atoms with van der Waals surface area (Å²) in [5.41, 5.74) is 0. The standard InChI is InChI=1S/C8H12O3/c1-3-5-8(10)11-6-7(9)4-2/h4H,2-3,5-6H2,1H3. The van der Waals surface area contributed by atoms with E-state index in [1.807, 2.05) is 6.92 Å². The van der Waals surface area contributed by atoms with Gasteiger partial charge in [-0.05, 0) is 12.5 Å². The Kier molecular flexibility index (Phi) is 5.07. The van der Waals surface area contributed by atoms with Crippen molar-refractivity contribution in [2.75, 3.05) is 6.61 Å². The number of ketones is 1. The first kappa shape index (κ1) is 9.88. The maximum atomic E-state index is 10.7. The fraction of sp³-hybridized carbons (Fsp3) is 0.500. The molecule has 0 aliphatic rings. The van der Waals surface area contributed by atoms with Crippen LogP contribution in [0.1, 0.15) is 19.8 Å². The van der Waals surface area contributed by atoms with Crippen molar-refractivity contribution in [3.8, 4) is 0 Å². The maximum absolute atomic E-state index is 10.7. The van der Waals surface area contributed by atoms with Crippen molar-refractivity contribution in [3.05, 3.63) is 12.7 Å². The molecule has 0 unspecified atom stereocenters. The summed E-state index contributed by atoms with van der Waals surface area (Å²) < 4.78 is 4.58. The van der Waals surface area contributed by atoms with Gasteiger partial charge >= 0.3 is 5.97 Å². The van der Waals surface area contributed by atoms with Crippen LogP contribution in [0, 0.1) is 0 Å². The minimum Gasteiger partial charge on any atom is -0.457 e. The van der Waals surface area contributed by atoms with Crippen LogP contribution in [-0.2, 0) is 14.3 Å². The van der Waals surface area contributed by atoms with E-state index in [1.165, 1.54) is 0 Å². The Morgan fingerprint density at radius 1 is 1.55 bits per heavy atom. The average molecular weight is 156 g/mol. The predicted molar refractivity (Wildman–Crippen MR) is 41.1 cm³/mol. The Balaban J connectivity index is 3.45. The van der Waals surface area contributed by atoms with Gasteiger partial charge in [-0.1, -0.05) is 13.5 Å². The monoisotopic (exact) mass is 156 g/mol. The second-order valence-electron chi connectivity index (χ2n) is 2.08. The molecule has 0 N–H and O–H groups in total. The Bertz CT molecular complexity index is 161. The van der Waals surface area contributed by atoms with E-state index in [4.69, 9.17) is 0 Å². The SMILES string of the molecule is C=CC(=O)COC(=O)CCC. The normalized spacial score (nSPS) is 8.82. The molecule has 0 radical (unpaired) electrons. The molecule has 0 amide bonds. The van der Waals surface area contributed by atoms with Crippen molar-refractivity contribution in [2.45, 2.75) is 19.8 Å². The van der Waals surface area contributed by atoms with Crippen LogP contribution in [0.15, 0.2) is 12.7 Å². The lowest BCUT2D eigenvalue weighted by Gasteiger charge is -1.99. The van der Waals surface area contributed by atoms with Crippen molar-refractivity contribution in [1.29, 1.82) is 0 Å². The summed E-state index contributed by atoms with van der Waals surface area (Å²) in [6, 6.07) is 0. The van der Waals surface area contributed by atoms with E-state index in [2.05, 4.69) is 11.3 Å². The Morgan fingerprint density at radius 2 is 2.18 bits per heavy atom. The number of rotatable bonds is 5. The lowest BCUT2D eigenvalue weighted by molar-refractivity contribution is -0.146. The summed E-state index contributed by atoms with van der Waals surface area (Å²) >= 11 is 0. The zero-order chi connectivity index (χ0) is 8.69. The van der Waals surface area contributed by atoms with Crippen LogP contribution in [0.2, 0.25) is 0 Å². The molecule has 11 heavy (non-hydrogen) atoms. The van der Waals surface area contributed by atoms with Gasteiger partial charge in [-0.15, -0.1) is 0 Å².